The van der Waals surface area contributed by atoms with Gasteiger partial charge in [-0.25, -0.2) is 0 Å². The fraction of sp³-hybridized carbons (Fsp3) is 0. The molecule has 0 saturated carbocycles. The molecule has 0 fully saturated rings. The summed E-state index contributed by atoms with van der Waals surface area (Å²) in [6.45, 7) is 0. The standard InChI is InChI=1S/C6H4NO2.2C6H5.Bi/c8-7(9)6-4-2-1-3-5-6;2*1-2-4-6-5-3-1;/h1-4H;2*1-5H;. The van der Waals surface area contributed by atoms with Crippen molar-refractivity contribution in [2.45, 2.75) is 0 Å². The molecule has 22 heavy (non-hydrogen) atoms. The van der Waals surface area contributed by atoms with Crippen LogP contribution in [0.4, 0.5) is 5.69 Å². The molecule has 0 aliphatic heterocycles. The van der Waals surface area contributed by atoms with E-state index in [4.69, 9.17) is 0 Å². The summed E-state index contributed by atoms with van der Waals surface area (Å²) in [5, 5.41) is 11.4. The summed E-state index contributed by atoms with van der Waals surface area (Å²) in [5.41, 5.74) is 0.244. The number of nitro benzene ring substituents is 1. The van der Waals surface area contributed by atoms with Crippen LogP contribution in [0.2, 0.25) is 0 Å². The van der Waals surface area contributed by atoms with E-state index in [0.717, 1.165) is 3.27 Å². The quantitative estimate of drug-likeness (QED) is 0.323. The molecule has 0 aliphatic rings. The van der Waals surface area contributed by atoms with Gasteiger partial charge in [0, 0.05) is 0 Å². The van der Waals surface area contributed by atoms with Crippen molar-refractivity contribution in [3.8, 4) is 0 Å². The summed E-state index contributed by atoms with van der Waals surface area (Å²) in [6.07, 6.45) is 0. The second kappa shape index (κ2) is 6.80. The Bertz CT molecular complexity index is 736. The molecule has 0 atom stereocenters. The molecule has 3 nitrogen and oxygen atoms in total. The van der Waals surface area contributed by atoms with Crippen molar-refractivity contribution in [3.05, 3.63) is 95.0 Å². The maximum absolute atomic E-state index is 11.4. The minimum atomic E-state index is -2.64. The van der Waals surface area contributed by atoms with Crippen molar-refractivity contribution >= 4 is 37.3 Å². The second-order valence-corrected chi connectivity index (χ2v) is 13.2. The van der Waals surface area contributed by atoms with Gasteiger partial charge in [0.1, 0.15) is 0 Å². The SMILES string of the molecule is O=[N+]([O-])c1cccc[c]1[Bi]([c]1ccccc1)[c]1ccccc1. The molecule has 0 aliphatic carbocycles. The molecule has 0 saturated heterocycles. The fourth-order valence-electron chi connectivity index (χ4n) is 2.39. The summed E-state index contributed by atoms with van der Waals surface area (Å²) in [5.74, 6) is 0. The van der Waals surface area contributed by atoms with Crippen molar-refractivity contribution in [1.82, 2.24) is 0 Å². The second-order valence-electron chi connectivity index (χ2n) is 4.75. The van der Waals surface area contributed by atoms with E-state index in [1.165, 1.54) is 6.54 Å². The molecule has 0 spiro atoms. The normalized spacial score (nSPS) is 10.6. The van der Waals surface area contributed by atoms with Gasteiger partial charge in [-0.15, -0.1) is 0 Å². The Morgan fingerprint density at radius 2 is 1.14 bits per heavy atom. The molecule has 3 aromatic rings. The van der Waals surface area contributed by atoms with Crippen molar-refractivity contribution in [2.24, 2.45) is 0 Å². The molecule has 0 bridgehead atoms. The van der Waals surface area contributed by atoms with Crippen molar-refractivity contribution in [2.75, 3.05) is 0 Å². The van der Waals surface area contributed by atoms with Crippen LogP contribution in [0.3, 0.4) is 0 Å². The van der Waals surface area contributed by atoms with E-state index in [1.54, 1.807) is 12.1 Å². The molecule has 0 amide bonds. The molecule has 0 N–H and O–H groups in total. The predicted octanol–water partition coefficient (Wildman–Crippen LogP) is 2.11. The van der Waals surface area contributed by atoms with Gasteiger partial charge in [0.05, 0.1) is 0 Å². The molecule has 108 valence electrons. The van der Waals surface area contributed by atoms with Crippen LogP contribution in [0.25, 0.3) is 0 Å². The zero-order valence-electron chi connectivity index (χ0n) is 11.8. The van der Waals surface area contributed by atoms with Gasteiger partial charge in [0.2, 0.25) is 0 Å². The molecule has 4 heteroatoms. The van der Waals surface area contributed by atoms with Gasteiger partial charge in [0.25, 0.3) is 0 Å². The van der Waals surface area contributed by atoms with E-state index in [-0.39, 0.29) is 10.6 Å². The van der Waals surface area contributed by atoms with Crippen LogP contribution in [0, 0.1) is 10.1 Å². The van der Waals surface area contributed by atoms with Gasteiger partial charge >= 0.3 is 137 Å². The third-order valence-electron chi connectivity index (χ3n) is 3.35. The zero-order valence-corrected chi connectivity index (χ0v) is 15.3. The van der Waals surface area contributed by atoms with E-state index >= 15 is 0 Å². The van der Waals surface area contributed by atoms with Crippen molar-refractivity contribution in [3.63, 3.8) is 0 Å². The van der Waals surface area contributed by atoms with E-state index in [9.17, 15) is 10.1 Å². The number of hydrogen-bond acceptors (Lipinski definition) is 2. The van der Waals surface area contributed by atoms with Crippen LogP contribution in [0.1, 0.15) is 0 Å². The van der Waals surface area contributed by atoms with Crippen LogP contribution in [0.5, 0.6) is 0 Å². The molecular weight excluding hydrogens is 471 g/mol. The monoisotopic (exact) mass is 485 g/mol. The third kappa shape index (κ3) is 3.07. The van der Waals surface area contributed by atoms with E-state index in [0.29, 0.717) is 0 Å². The van der Waals surface area contributed by atoms with Gasteiger partial charge in [-0.3, -0.25) is 0 Å². The average molecular weight is 485 g/mol. The van der Waals surface area contributed by atoms with Crippen LogP contribution in [-0.4, -0.2) is 26.7 Å². The van der Waals surface area contributed by atoms with Crippen LogP contribution < -0.4 is 9.81 Å². The first kappa shape index (κ1) is 14.9. The van der Waals surface area contributed by atoms with Gasteiger partial charge in [-0.1, -0.05) is 0 Å². The molecular formula is C18H14BiNO2. The predicted molar refractivity (Wildman–Crippen MR) is 90.6 cm³/mol. The number of nitro groups is 1. The van der Waals surface area contributed by atoms with Crippen molar-refractivity contribution in [1.29, 1.82) is 0 Å². The third-order valence-corrected chi connectivity index (χ3v) is 13.0. The molecule has 3 rings (SSSR count). The summed E-state index contributed by atoms with van der Waals surface area (Å²) >= 11 is -2.64. The topological polar surface area (TPSA) is 43.1 Å². The maximum atomic E-state index is 11.4. The van der Waals surface area contributed by atoms with Crippen molar-refractivity contribution < 1.29 is 4.92 Å². The number of rotatable bonds is 4. The number of hydrogen-bond donors (Lipinski definition) is 0. The Hall–Kier alpha value is -2.06. The van der Waals surface area contributed by atoms with E-state index in [1.807, 2.05) is 48.5 Å². The number of para-hydroxylation sites is 1. The van der Waals surface area contributed by atoms with Gasteiger partial charge in [0.15, 0.2) is 0 Å². The Kier molecular flexibility index (Phi) is 4.60. The first-order valence-corrected chi connectivity index (χ1v) is 12.1. The van der Waals surface area contributed by atoms with Gasteiger partial charge in [-0.2, -0.15) is 0 Å². The Morgan fingerprint density at radius 1 is 0.682 bits per heavy atom. The first-order valence-electron chi connectivity index (χ1n) is 6.91. The van der Waals surface area contributed by atoms with Crippen LogP contribution >= 0.6 is 0 Å². The van der Waals surface area contributed by atoms with Crippen LogP contribution in [0.15, 0.2) is 84.9 Å². The summed E-state index contributed by atoms with van der Waals surface area (Å²) in [7, 11) is 0. The summed E-state index contributed by atoms with van der Waals surface area (Å²) in [6, 6.07) is 27.6. The molecule has 0 unspecified atom stereocenters. The minimum absolute atomic E-state index is 0.244. The fourth-order valence-corrected chi connectivity index (χ4v) is 11.8. The Morgan fingerprint density at radius 3 is 1.64 bits per heavy atom. The molecule has 0 heterocycles. The molecule has 0 aromatic heterocycles. The van der Waals surface area contributed by atoms with E-state index in [2.05, 4.69) is 24.3 Å². The zero-order chi connectivity index (χ0) is 15.4. The van der Waals surface area contributed by atoms with Gasteiger partial charge < -0.3 is 0 Å². The summed E-state index contributed by atoms with van der Waals surface area (Å²) < 4.78 is 3.41. The van der Waals surface area contributed by atoms with Gasteiger partial charge in [-0.05, 0) is 0 Å². The number of nitrogens with zero attached hydrogens (tertiary/aromatic N) is 1. The van der Waals surface area contributed by atoms with Crippen LogP contribution in [-0.2, 0) is 0 Å². The Balaban J connectivity index is 2.21. The molecule has 0 radical (unpaired) electrons. The average Bonchev–Trinajstić information content (AvgIpc) is 2.57. The summed E-state index contributed by atoms with van der Waals surface area (Å²) in [4.78, 5) is 11.2. The first-order chi connectivity index (χ1) is 10.8. The van der Waals surface area contributed by atoms with E-state index < -0.39 is 21.8 Å². The molecule has 3 aromatic carbocycles. The Labute approximate surface area is 137 Å². The number of benzene rings is 3.